The second-order valence-electron chi connectivity index (χ2n) is 7.24. The van der Waals surface area contributed by atoms with Gasteiger partial charge < -0.3 is 19.7 Å². The Morgan fingerprint density at radius 2 is 2.04 bits per heavy atom. The van der Waals surface area contributed by atoms with Gasteiger partial charge in [0, 0.05) is 11.4 Å². The number of rotatable bonds is 7. The number of hydrogen-bond donors (Lipinski definition) is 1. The molecule has 2 aromatic rings. The lowest BCUT2D eigenvalue weighted by Crippen LogP contribution is -2.44. The van der Waals surface area contributed by atoms with Crippen LogP contribution in [0.4, 0.5) is 0 Å². The number of hydrogen-bond acceptors (Lipinski definition) is 5. The summed E-state index contributed by atoms with van der Waals surface area (Å²) in [7, 11) is 3.31. The summed E-state index contributed by atoms with van der Waals surface area (Å²) in [5.74, 6) is 2.38. The molecule has 6 heteroatoms. The molecule has 0 radical (unpaired) electrons. The van der Waals surface area contributed by atoms with E-state index in [1.54, 1.807) is 25.6 Å². The topological polar surface area (TPSA) is 50.8 Å². The lowest BCUT2D eigenvalue weighted by Gasteiger charge is -2.37. The van der Waals surface area contributed by atoms with Gasteiger partial charge in [-0.1, -0.05) is 6.07 Å². The fourth-order valence-electron chi connectivity index (χ4n) is 3.77. The van der Waals surface area contributed by atoms with E-state index in [0.29, 0.717) is 12.3 Å². The van der Waals surface area contributed by atoms with E-state index < -0.39 is 0 Å². The van der Waals surface area contributed by atoms with E-state index in [4.69, 9.17) is 9.47 Å². The highest BCUT2D eigenvalue weighted by atomic mass is 32.1. The smallest absolute Gasteiger partial charge is 0.237 e. The molecule has 1 amide bonds. The quantitative estimate of drug-likeness (QED) is 0.794. The zero-order chi connectivity index (χ0) is 18.8. The van der Waals surface area contributed by atoms with Crippen molar-refractivity contribution in [2.75, 3.05) is 33.9 Å². The van der Waals surface area contributed by atoms with Crippen LogP contribution in [0.25, 0.3) is 0 Å². The van der Waals surface area contributed by atoms with Gasteiger partial charge in [-0.2, -0.15) is 0 Å². The van der Waals surface area contributed by atoms with Crippen molar-refractivity contribution < 1.29 is 14.3 Å². The Balaban J connectivity index is 1.64. The summed E-state index contributed by atoms with van der Waals surface area (Å²) < 4.78 is 11.0. The largest absolute Gasteiger partial charge is 0.493 e. The van der Waals surface area contributed by atoms with Gasteiger partial charge in [0.1, 0.15) is 0 Å². The van der Waals surface area contributed by atoms with Crippen molar-refractivity contribution in [1.29, 1.82) is 0 Å². The van der Waals surface area contributed by atoms with Gasteiger partial charge in [0.2, 0.25) is 5.91 Å². The van der Waals surface area contributed by atoms with E-state index in [-0.39, 0.29) is 11.9 Å². The monoisotopic (exact) mass is 386 g/mol. The average Bonchev–Trinajstić information content (AvgIpc) is 3.36. The summed E-state index contributed by atoms with van der Waals surface area (Å²) in [6.45, 7) is 2.07. The van der Waals surface area contributed by atoms with Crippen molar-refractivity contribution in [3.63, 3.8) is 0 Å². The van der Waals surface area contributed by atoms with Crippen LogP contribution in [0.2, 0.25) is 0 Å². The number of thiophene rings is 1. The van der Waals surface area contributed by atoms with Crippen molar-refractivity contribution in [1.82, 2.24) is 10.2 Å². The van der Waals surface area contributed by atoms with Crippen molar-refractivity contribution in [2.24, 2.45) is 5.92 Å². The van der Waals surface area contributed by atoms with Crippen LogP contribution in [-0.2, 0) is 11.2 Å². The third-order valence-electron chi connectivity index (χ3n) is 5.41. The molecule has 1 fully saturated rings. The molecule has 27 heavy (non-hydrogen) atoms. The third-order valence-corrected chi connectivity index (χ3v) is 6.34. The van der Waals surface area contributed by atoms with Crippen LogP contribution in [0, 0.1) is 5.92 Å². The number of fused-ring (bicyclic) bond motifs is 1. The molecule has 0 spiro atoms. The van der Waals surface area contributed by atoms with Crippen molar-refractivity contribution in [3.05, 3.63) is 45.6 Å². The maximum atomic E-state index is 13.0. The minimum Gasteiger partial charge on any atom is -0.493 e. The molecular formula is C21H26N2O3S. The molecule has 1 aliphatic heterocycles. The normalized spacial score (nSPS) is 18.9. The fourth-order valence-corrected chi connectivity index (χ4v) is 4.63. The molecule has 0 saturated heterocycles. The number of ether oxygens (including phenoxy) is 2. The molecule has 5 nitrogen and oxygen atoms in total. The number of carbonyl (C=O) groups is 1. The van der Waals surface area contributed by atoms with Gasteiger partial charge in [0.25, 0.3) is 0 Å². The number of methoxy groups -OCH3 is 2. The van der Waals surface area contributed by atoms with Crippen LogP contribution in [0.15, 0.2) is 29.6 Å². The molecule has 1 N–H and O–H groups in total. The van der Waals surface area contributed by atoms with E-state index in [9.17, 15) is 4.79 Å². The zero-order valence-corrected chi connectivity index (χ0v) is 16.7. The Kier molecular flexibility index (Phi) is 5.36. The summed E-state index contributed by atoms with van der Waals surface area (Å²) in [5.41, 5.74) is 2.36. The number of carbonyl (C=O) groups excluding carboxylic acids is 1. The van der Waals surface area contributed by atoms with Crippen LogP contribution in [0.5, 0.6) is 11.5 Å². The first-order valence-corrected chi connectivity index (χ1v) is 10.4. The summed E-state index contributed by atoms with van der Waals surface area (Å²) in [6, 6.07) is 8.18. The molecule has 2 aliphatic rings. The predicted octanol–water partition coefficient (Wildman–Crippen LogP) is 3.24. The molecule has 1 aliphatic carbocycles. The first-order valence-electron chi connectivity index (χ1n) is 9.49. The molecule has 4 rings (SSSR count). The highest BCUT2D eigenvalue weighted by Gasteiger charge is 2.34. The number of amides is 1. The molecule has 1 aromatic heterocycles. The number of benzene rings is 1. The van der Waals surface area contributed by atoms with Gasteiger partial charge in [-0.25, -0.2) is 0 Å². The lowest BCUT2D eigenvalue weighted by atomic mass is 9.90. The fraction of sp³-hybridized carbons (Fsp3) is 0.476. The Bertz CT molecular complexity index is 802. The number of nitrogens with one attached hydrogen (secondary N) is 1. The minimum atomic E-state index is -0.0659. The zero-order valence-electron chi connectivity index (χ0n) is 15.9. The summed E-state index contributed by atoms with van der Waals surface area (Å²) >= 11 is 1.69. The highest BCUT2D eigenvalue weighted by Crippen LogP contribution is 2.42. The van der Waals surface area contributed by atoms with Gasteiger partial charge in [-0.05, 0) is 66.4 Å². The molecule has 1 atom stereocenters. The van der Waals surface area contributed by atoms with Crippen molar-refractivity contribution >= 4 is 17.2 Å². The molecule has 1 unspecified atom stereocenters. The lowest BCUT2D eigenvalue weighted by molar-refractivity contribution is -0.132. The van der Waals surface area contributed by atoms with E-state index in [0.717, 1.165) is 36.7 Å². The van der Waals surface area contributed by atoms with Gasteiger partial charge in [-0.15, -0.1) is 11.3 Å². The van der Waals surface area contributed by atoms with Crippen molar-refractivity contribution in [2.45, 2.75) is 25.3 Å². The first-order chi connectivity index (χ1) is 13.2. The summed E-state index contributed by atoms with van der Waals surface area (Å²) in [4.78, 5) is 16.2. The Morgan fingerprint density at radius 3 is 2.70 bits per heavy atom. The van der Waals surface area contributed by atoms with Gasteiger partial charge >= 0.3 is 0 Å². The first kappa shape index (κ1) is 18.3. The standard InChI is InChI=1S/C21H26N2O3S/c1-25-17-10-15-7-8-23(20(24)13-22-12-14-5-6-14)21(19-4-3-9-27-19)16(15)11-18(17)26-2/h3-4,9-11,14,21-22H,5-8,12-13H2,1-2H3. The van der Waals surface area contributed by atoms with E-state index in [2.05, 4.69) is 22.8 Å². The maximum absolute atomic E-state index is 13.0. The van der Waals surface area contributed by atoms with E-state index in [1.807, 2.05) is 17.0 Å². The molecule has 1 saturated carbocycles. The summed E-state index contributed by atoms with van der Waals surface area (Å²) in [6.07, 6.45) is 3.40. The van der Waals surface area contributed by atoms with Gasteiger partial charge in [0.15, 0.2) is 11.5 Å². The molecule has 1 aromatic carbocycles. The minimum absolute atomic E-state index is 0.0659. The van der Waals surface area contributed by atoms with Crippen molar-refractivity contribution in [3.8, 4) is 11.5 Å². The molecule has 144 valence electrons. The summed E-state index contributed by atoms with van der Waals surface area (Å²) in [5, 5.41) is 5.41. The van der Waals surface area contributed by atoms with Crippen LogP contribution in [-0.4, -0.2) is 44.7 Å². The SMILES string of the molecule is COc1cc2c(cc1OC)C(c1cccs1)N(C(=O)CNCC1CC1)CC2. The van der Waals surface area contributed by atoms with Gasteiger partial charge in [0.05, 0.1) is 26.8 Å². The van der Waals surface area contributed by atoms with Gasteiger partial charge in [-0.3, -0.25) is 4.79 Å². The number of nitrogens with zero attached hydrogens (tertiary/aromatic N) is 1. The predicted molar refractivity (Wildman–Crippen MR) is 107 cm³/mol. The maximum Gasteiger partial charge on any atom is 0.237 e. The van der Waals surface area contributed by atoms with Crippen LogP contribution >= 0.6 is 11.3 Å². The van der Waals surface area contributed by atoms with Crippen LogP contribution in [0.3, 0.4) is 0 Å². The highest BCUT2D eigenvalue weighted by molar-refractivity contribution is 7.10. The Morgan fingerprint density at radius 1 is 1.26 bits per heavy atom. The average molecular weight is 387 g/mol. The van der Waals surface area contributed by atoms with E-state index in [1.165, 1.54) is 23.3 Å². The molecule has 0 bridgehead atoms. The van der Waals surface area contributed by atoms with Crippen LogP contribution in [0.1, 0.15) is 34.9 Å². The second-order valence-corrected chi connectivity index (χ2v) is 8.21. The molecule has 2 heterocycles. The molecular weight excluding hydrogens is 360 g/mol. The Hall–Kier alpha value is -2.05. The Labute approximate surface area is 164 Å². The van der Waals surface area contributed by atoms with E-state index >= 15 is 0 Å². The third kappa shape index (κ3) is 3.82. The second kappa shape index (κ2) is 7.90. The van der Waals surface area contributed by atoms with Crippen LogP contribution < -0.4 is 14.8 Å².